The van der Waals surface area contributed by atoms with Crippen molar-refractivity contribution in [2.75, 3.05) is 0 Å². The Hall–Kier alpha value is -0.570. The Morgan fingerprint density at radius 1 is 1.06 bits per heavy atom. The average Bonchev–Trinajstić information content (AvgIpc) is 2.54. The van der Waals surface area contributed by atoms with Gasteiger partial charge in [0.15, 0.2) is 0 Å². The van der Waals surface area contributed by atoms with Crippen LogP contribution in [0, 0.1) is 5.92 Å². The monoisotopic (exact) mass is 253 g/mol. The zero-order valence-corrected chi connectivity index (χ0v) is 11.6. The summed E-state index contributed by atoms with van der Waals surface area (Å²) in [5.41, 5.74) is -0.632. The van der Waals surface area contributed by atoms with Crippen LogP contribution in [0.1, 0.15) is 71.1 Å². The summed E-state index contributed by atoms with van der Waals surface area (Å²) in [5.74, 6) is 0.0570. The molecule has 2 aliphatic carbocycles. The van der Waals surface area contributed by atoms with Crippen molar-refractivity contribution in [1.29, 1.82) is 0 Å². The van der Waals surface area contributed by atoms with Gasteiger partial charge in [0.25, 0.3) is 0 Å². The lowest BCUT2D eigenvalue weighted by Crippen LogP contribution is -2.56. The Morgan fingerprint density at radius 2 is 1.78 bits per heavy atom. The van der Waals surface area contributed by atoms with Crippen molar-refractivity contribution in [3.8, 4) is 0 Å². The first-order valence-electron chi connectivity index (χ1n) is 7.63. The molecule has 2 fully saturated rings. The van der Waals surface area contributed by atoms with E-state index in [4.69, 9.17) is 0 Å². The molecule has 0 aromatic heterocycles. The maximum atomic E-state index is 11.7. The van der Waals surface area contributed by atoms with Crippen LogP contribution >= 0.6 is 0 Å². The van der Waals surface area contributed by atoms with Crippen LogP contribution in [0.25, 0.3) is 0 Å². The average molecular weight is 253 g/mol. The summed E-state index contributed by atoms with van der Waals surface area (Å²) < 4.78 is 0. The summed E-state index contributed by atoms with van der Waals surface area (Å²) in [6.07, 6.45) is 11.0. The normalized spacial score (nSPS) is 35.1. The van der Waals surface area contributed by atoms with Gasteiger partial charge in [-0.1, -0.05) is 39.0 Å². The fourth-order valence-corrected chi connectivity index (χ4v) is 3.57. The highest BCUT2D eigenvalue weighted by Crippen LogP contribution is 2.32. The molecule has 2 aliphatic rings. The minimum Gasteiger partial charge on any atom is -0.480 e. The molecule has 0 heterocycles. The highest BCUT2D eigenvalue weighted by atomic mass is 16.4. The van der Waals surface area contributed by atoms with E-state index in [0.717, 1.165) is 38.5 Å². The predicted octanol–water partition coefficient (Wildman–Crippen LogP) is 3.33. The first kappa shape index (κ1) is 13.9. The molecule has 2 unspecified atom stereocenters. The zero-order valence-electron chi connectivity index (χ0n) is 11.6. The molecule has 3 nitrogen and oxygen atoms in total. The minimum absolute atomic E-state index is 0.434. The molecule has 104 valence electrons. The predicted molar refractivity (Wildman–Crippen MR) is 72.6 cm³/mol. The van der Waals surface area contributed by atoms with Crippen molar-refractivity contribution < 1.29 is 9.90 Å². The number of carboxylic acids is 1. The van der Waals surface area contributed by atoms with Crippen LogP contribution in [0.3, 0.4) is 0 Å². The molecule has 0 aromatic carbocycles. The number of rotatable bonds is 3. The van der Waals surface area contributed by atoms with Gasteiger partial charge in [-0.05, 0) is 38.0 Å². The van der Waals surface area contributed by atoms with Gasteiger partial charge in [0.05, 0.1) is 0 Å². The smallest absolute Gasteiger partial charge is 0.323 e. The third-order valence-electron chi connectivity index (χ3n) is 4.86. The fraction of sp³-hybridized carbons (Fsp3) is 0.933. The maximum absolute atomic E-state index is 11.7. The topological polar surface area (TPSA) is 49.3 Å². The van der Waals surface area contributed by atoms with Gasteiger partial charge in [0.2, 0.25) is 0 Å². The van der Waals surface area contributed by atoms with Gasteiger partial charge in [0, 0.05) is 6.04 Å². The quantitative estimate of drug-likeness (QED) is 0.758. The summed E-state index contributed by atoms with van der Waals surface area (Å²) >= 11 is 0. The third kappa shape index (κ3) is 3.25. The largest absolute Gasteiger partial charge is 0.480 e. The lowest BCUT2D eigenvalue weighted by Gasteiger charge is -2.35. The highest BCUT2D eigenvalue weighted by Gasteiger charge is 2.41. The van der Waals surface area contributed by atoms with Crippen LogP contribution in [0.15, 0.2) is 0 Å². The molecule has 0 saturated heterocycles. The standard InChI is InChI=1S/C15H27NO2/c1-12-6-5-10-15(11-9-12,14(17)18)16-13-7-3-2-4-8-13/h12-13,16H,2-11H2,1H3,(H,17,18). The molecule has 3 heteroatoms. The van der Waals surface area contributed by atoms with E-state index >= 15 is 0 Å². The number of carbonyl (C=O) groups is 1. The molecule has 0 aliphatic heterocycles. The fourth-order valence-electron chi connectivity index (χ4n) is 3.57. The van der Waals surface area contributed by atoms with Gasteiger partial charge in [-0.2, -0.15) is 0 Å². The van der Waals surface area contributed by atoms with Crippen LogP contribution in [0.2, 0.25) is 0 Å². The van der Waals surface area contributed by atoms with Gasteiger partial charge in [-0.15, -0.1) is 0 Å². The van der Waals surface area contributed by atoms with E-state index in [1.807, 2.05) is 0 Å². The second kappa shape index (κ2) is 6.05. The van der Waals surface area contributed by atoms with Crippen LogP contribution in [-0.4, -0.2) is 22.7 Å². The Morgan fingerprint density at radius 3 is 2.44 bits per heavy atom. The molecule has 2 rings (SSSR count). The van der Waals surface area contributed by atoms with Crippen molar-refractivity contribution in [2.24, 2.45) is 5.92 Å². The lowest BCUT2D eigenvalue weighted by molar-refractivity contribution is -0.146. The second-order valence-electron chi connectivity index (χ2n) is 6.40. The van der Waals surface area contributed by atoms with E-state index in [0.29, 0.717) is 12.0 Å². The molecule has 18 heavy (non-hydrogen) atoms. The SMILES string of the molecule is CC1CCCC(NC2CCCCC2)(C(=O)O)CC1. The van der Waals surface area contributed by atoms with Crippen molar-refractivity contribution in [3.05, 3.63) is 0 Å². The van der Waals surface area contributed by atoms with E-state index in [-0.39, 0.29) is 0 Å². The van der Waals surface area contributed by atoms with Crippen LogP contribution in [-0.2, 0) is 4.79 Å². The second-order valence-corrected chi connectivity index (χ2v) is 6.40. The minimum atomic E-state index is -0.632. The zero-order chi connectivity index (χ0) is 13.0. The Balaban J connectivity index is 2.03. The molecule has 2 saturated carbocycles. The summed E-state index contributed by atoms with van der Waals surface area (Å²) in [7, 11) is 0. The van der Waals surface area contributed by atoms with E-state index in [2.05, 4.69) is 12.2 Å². The molecular weight excluding hydrogens is 226 g/mol. The number of aliphatic carboxylic acids is 1. The van der Waals surface area contributed by atoms with E-state index < -0.39 is 11.5 Å². The van der Waals surface area contributed by atoms with E-state index in [1.54, 1.807) is 0 Å². The molecule has 0 bridgehead atoms. The van der Waals surface area contributed by atoms with E-state index in [9.17, 15) is 9.90 Å². The van der Waals surface area contributed by atoms with Crippen molar-refractivity contribution >= 4 is 5.97 Å². The number of nitrogens with one attached hydrogen (secondary N) is 1. The summed E-state index contributed by atoms with van der Waals surface area (Å²) in [6, 6.07) is 0.434. The van der Waals surface area contributed by atoms with Gasteiger partial charge in [-0.3, -0.25) is 10.1 Å². The van der Waals surface area contributed by atoms with Crippen LogP contribution in [0.5, 0.6) is 0 Å². The molecule has 0 amide bonds. The lowest BCUT2D eigenvalue weighted by atomic mass is 9.86. The third-order valence-corrected chi connectivity index (χ3v) is 4.86. The Kier molecular flexibility index (Phi) is 4.66. The molecule has 0 spiro atoms. The molecule has 0 aromatic rings. The summed E-state index contributed by atoms with van der Waals surface area (Å²) in [6.45, 7) is 2.25. The van der Waals surface area contributed by atoms with Crippen molar-refractivity contribution in [1.82, 2.24) is 5.32 Å². The number of carboxylic acid groups (broad SMARTS) is 1. The van der Waals surface area contributed by atoms with Crippen LogP contribution < -0.4 is 5.32 Å². The summed E-state index contributed by atoms with van der Waals surface area (Å²) in [5, 5.41) is 13.2. The Labute approximate surface area is 110 Å². The van der Waals surface area contributed by atoms with Gasteiger partial charge in [0.1, 0.15) is 5.54 Å². The van der Waals surface area contributed by atoms with Gasteiger partial charge >= 0.3 is 5.97 Å². The first-order valence-corrected chi connectivity index (χ1v) is 7.63. The molecule has 2 N–H and O–H groups in total. The van der Waals surface area contributed by atoms with Crippen LogP contribution in [0.4, 0.5) is 0 Å². The maximum Gasteiger partial charge on any atom is 0.323 e. The number of hydrogen-bond acceptors (Lipinski definition) is 2. The van der Waals surface area contributed by atoms with Crippen molar-refractivity contribution in [3.63, 3.8) is 0 Å². The molecule has 2 atom stereocenters. The summed E-state index contributed by atoms with van der Waals surface area (Å²) in [4.78, 5) is 11.7. The van der Waals surface area contributed by atoms with Gasteiger partial charge < -0.3 is 5.11 Å². The number of hydrogen-bond donors (Lipinski definition) is 2. The van der Waals surface area contributed by atoms with Crippen molar-refractivity contribution in [2.45, 2.75) is 82.7 Å². The first-order chi connectivity index (χ1) is 8.62. The molecular formula is C15H27NO2. The van der Waals surface area contributed by atoms with E-state index in [1.165, 1.54) is 25.7 Å². The Bertz CT molecular complexity index is 286. The highest BCUT2D eigenvalue weighted by molar-refractivity contribution is 5.78. The molecule has 0 radical (unpaired) electrons. The van der Waals surface area contributed by atoms with Gasteiger partial charge in [-0.25, -0.2) is 0 Å².